The van der Waals surface area contributed by atoms with Gasteiger partial charge in [0.1, 0.15) is 0 Å². The molecule has 76 valence electrons. The van der Waals surface area contributed by atoms with E-state index >= 15 is 0 Å². The molecule has 4 heteroatoms. The Hall–Kier alpha value is -0.610. The Kier molecular flexibility index (Phi) is 4.18. The fourth-order valence-electron chi connectivity index (χ4n) is 1.82. The summed E-state index contributed by atoms with van der Waals surface area (Å²) in [5.41, 5.74) is 5.33. The molecule has 0 aromatic carbocycles. The molecule has 1 aliphatic heterocycles. The molecule has 0 bridgehead atoms. The lowest BCUT2D eigenvalue weighted by molar-refractivity contribution is -0.123. The van der Waals surface area contributed by atoms with Gasteiger partial charge in [-0.1, -0.05) is 6.92 Å². The smallest absolute Gasteiger partial charge is 0.234 e. The molecule has 1 atom stereocenters. The third kappa shape index (κ3) is 2.97. The van der Waals surface area contributed by atoms with E-state index < -0.39 is 0 Å². The van der Waals surface area contributed by atoms with Gasteiger partial charge in [0.05, 0.1) is 6.04 Å². The van der Waals surface area contributed by atoms with E-state index in [0.29, 0.717) is 0 Å². The summed E-state index contributed by atoms with van der Waals surface area (Å²) in [4.78, 5) is 13.3. The number of carbonyl (C=O) groups excluding carboxylic acids is 1. The van der Waals surface area contributed by atoms with Gasteiger partial charge in [-0.15, -0.1) is 0 Å². The Morgan fingerprint density at radius 1 is 1.54 bits per heavy atom. The predicted molar refractivity (Wildman–Crippen MR) is 52.3 cm³/mol. The molecule has 0 aliphatic carbocycles. The van der Waals surface area contributed by atoms with Crippen molar-refractivity contribution >= 4 is 5.91 Å². The molecule has 13 heavy (non-hydrogen) atoms. The quantitative estimate of drug-likeness (QED) is 0.626. The number of nitrogens with two attached hydrogens (primary N) is 1. The monoisotopic (exact) mass is 185 g/mol. The van der Waals surface area contributed by atoms with Crippen LogP contribution in [0.1, 0.15) is 19.8 Å². The van der Waals surface area contributed by atoms with Crippen LogP contribution in [0.4, 0.5) is 0 Å². The second kappa shape index (κ2) is 5.19. The number of hydrogen-bond donors (Lipinski definition) is 2. The summed E-state index contributed by atoms with van der Waals surface area (Å²) in [5.74, 6) is -0.190. The molecule has 0 aromatic heterocycles. The zero-order valence-electron chi connectivity index (χ0n) is 8.25. The summed E-state index contributed by atoms with van der Waals surface area (Å²) in [6, 6.07) is -0.0695. The van der Waals surface area contributed by atoms with Crippen molar-refractivity contribution < 1.29 is 4.79 Å². The lowest BCUT2D eigenvalue weighted by Crippen LogP contribution is -2.45. The Morgan fingerprint density at radius 3 is 2.92 bits per heavy atom. The first-order valence-corrected chi connectivity index (χ1v) is 4.99. The molecule has 1 unspecified atom stereocenters. The third-order valence-corrected chi connectivity index (χ3v) is 2.53. The Morgan fingerprint density at radius 2 is 2.31 bits per heavy atom. The van der Waals surface area contributed by atoms with Crippen LogP contribution in [0.2, 0.25) is 0 Å². The maximum absolute atomic E-state index is 11.1. The molecule has 1 heterocycles. The molecule has 0 saturated carbocycles. The van der Waals surface area contributed by atoms with Crippen molar-refractivity contribution in [1.29, 1.82) is 0 Å². The average Bonchev–Trinajstić information content (AvgIpc) is 2.33. The second-order valence-corrected chi connectivity index (χ2v) is 3.47. The van der Waals surface area contributed by atoms with E-state index in [0.717, 1.165) is 39.0 Å². The Balaban J connectivity index is 2.50. The zero-order valence-corrected chi connectivity index (χ0v) is 8.25. The summed E-state index contributed by atoms with van der Waals surface area (Å²) in [6.07, 6.45) is 1.92. The highest BCUT2D eigenvalue weighted by Crippen LogP contribution is 2.05. The molecule has 4 nitrogen and oxygen atoms in total. The molecule has 1 amide bonds. The van der Waals surface area contributed by atoms with Crippen LogP contribution in [0.25, 0.3) is 0 Å². The van der Waals surface area contributed by atoms with Crippen LogP contribution in [-0.2, 0) is 4.79 Å². The minimum Gasteiger partial charge on any atom is -0.368 e. The fraction of sp³-hybridized carbons (Fsp3) is 0.889. The van der Waals surface area contributed by atoms with Crippen molar-refractivity contribution in [3.63, 3.8) is 0 Å². The summed E-state index contributed by atoms with van der Waals surface area (Å²) in [6.45, 7) is 5.93. The molecule has 0 spiro atoms. The zero-order chi connectivity index (χ0) is 9.68. The standard InChI is InChI=1S/C9H19N3O/c1-2-8(9(10)13)12-6-3-4-11-5-7-12/h8,11H,2-7H2,1H3,(H2,10,13). The molecular formula is C9H19N3O. The van der Waals surface area contributed by atoms with Gasteiger partial charge < -0.3 is 11.1 Å². The van der Waals surface area contributed by atoms with Crippen LogP contribution >= 0.6 is 0 Å². The van der Waals surface area contributed by atoms with Crippen molar-refractivity contribution in [1.82, 2.24) is 10.2 Å². The van der Waals surface area contributed by atoms with Crippen LogP contribution in [-0.4, -0.2) is 43.0 Å². The van der Waals surface area contributed by atoms with Crippen molar-refractivity contribution in [2.75, 3.05) is 26.2 Å². The van der Waals surface area contributed by atoms with Crippen LogP contribution < -0.4 is 11.1 Å². The molecular weight excluding hydrogens is 166 g/mol. The Labute approximate surface area is 79.5 Å². The maximum Gasteiger partial charge on any atom is 0.234 e. The number of nitrogens with zero attached hydrogens (tertiary/aromatic N) is 1. The Bertz CT molecular complexity index is 164. The molecule has 1 aliphatic rings. The van der Waals surface area contributed by atoms with Crippen LogP contribution in [0.15, 0.2) is 0 Å². The van der Waals surface area contributed by atoms with Crippen molar-refractivity contribution in [3.8, 4) is 0 Å². The largest absolute Gasteiger partial charge is 0.368 e. The summed E-state index contributed by atoms with van der Waals surface area (Å²) in [5, 5.41) is 3.30. The van der Waals surface area contributed by atoms with Gasteiger partial charge in [0, 0.05) is 19.6 Å². The molecule has 1 saturated heterocycles. The molecule has 1 fully saturated rings. The van der Waals surface area contributed by atoms with Gasteiger partial charge in [-0.25, -0.2) is 0 Å². The van der Waals surface area contributed by atoms with E-state index in [1.807, 2.05) is 6.92 Å². The SMILES string of the molecule is CCC(C(N)=O)N1CCCNCC1. The van der Waals surface area contributed by atoms with E-state index in [-0.39, 0.29) is 11.9 Å². The van der Waals surface area contributed by atoms with E-state index in [1.165, 1.54) is 0 Å². The van der Waals surface area contributed by atoms with Crippen LogP contribution in [0.3, 0.4) is 0 Å². The van der Waals surface area contributed by atoms with Gasteiger partial charge in [-0.2, -0.15) is 0 Å². The molecule has 0 radical (unpaired) electrons. The first-order chi connectivity index (χ1) is 6.25. The number of amides is 1. The lowest BCUT2D eigenvalue weighted by Gasteiger charge is -2.26. The maximum atomic E-state index is 11.1. The van der Waals surface area contributed by atoms with Gasteiger partial charge in [0.25, 0.3) is 0 Å². The van der Waals surface area contributed by atoms with E-state index in [1.54, 1.807) is 0 Å². The van der Waals surface area contributed by atoms with Crippen molar-refractivity contribution in [3.05, 3.63) is 0 Å². The van der Waals surface area contributed by atoms with E-state index in [2.05, 4.69) is 10.2 Å². The highest BCUT2D eigenvalue weighted by Gasteiger charge is 2.22. The fourth-order valence-corrected chi connectivity index (χ4v) is 1.82. The average molecular weight is 185 g/mol. The molecule has 0 aromatic rings. The number of rotatable bonds is 3. The molecule has 3 N–H and O–H groups in total. The van der Waals surface area contributed by atoms with Gasteiger partial charge in [0.15, 0.2) is 0 Å². The predicted octanol–water partition coefficient (Wildman–Crippen LogP) is -0.454. The normalized spacial score (nSPS) is 22.2. The summed E-state index contributed by atoms with van der Waals surface area (Å²) >= 11 is 0. The van der Waals surface area contributed by atoms with Crippen LogP contribution in [0.5, 0.6) is 0 Å². The summed E-state index contributed by atoms with van der Waals surface area (Å²) in [7, 11) is 0. The third-order valence-electron chi connectivity index (χ3n) is 2.53. The number of carbonyl (C=O) groups is 1. The van der Waals surface area contributed by atoms with Crippen molar-refractivity contribution in [2.45, 2.75) is 25.8 Å². The van der Waals surface area contributed by atoms with Gasteiger partial charge >= 0.3 is 0 Å². The molecule has 1 rings (SSSR count). The topological polar surface area (TPSA) is 58.4 Å². The van der Waals surface area contributed by atoms with Crippen molar-refractivity contribution in [2.24, 2.45) is 5.73 Å². The number of hydrogen-bond acceptors (Lipinski definition) is 3. The second-order valence-electron chi connectivity index (χ2n) is 3.47. The first kappa shape index (κ1) is 10.5. The summed E-state index contributed by atoms with van der Waals surface area (Å²) < 4.78 is 0. The lowest BCUT2D eigenvalue weighted by atomic mass is 10.1. The highest BCUT2D eigenvalue weighted by molar-refractivity contribution is 5.79. The minimum atomic E-state index is -0.190. The highest BCUT2D eigenvalue weighted by atomic mass is 16.1. The van der Waals surface area contributed by atoms with E-state index in [4.69, 9.17) is 5.73 Å². The van der Waals surface area contributed by atoms with Gasteiger partial charge in [-0.3, -0.25) is 9.69 Å². The van der Waals surface area contributed by atoms with Gasteiger partial charge in [0.2, 0.25) is 5.91 Å². The minimum absolute atomic E-state index is 0.0695. The van der Waals surface area contributed by atoms with Gasteiger partial charge in [-0.05, 0) is 19.4 Å². The number of nitrogens with one attached hydrogen (secondary N) is 1. The van der Waals surface area contributed by atoms with E-state index in [9.17, 15) is 4.79 Å². The first-order valence-electron chi connectivity index (χ1n) is 4.99. The van der Waals surface area contributed by atoms with Crippen LogP contribution in [0, 0.1) is 0 Å². The number of primary amides is 1.